The van der Waals surface area contributed by atoms with E-state index < -0.39 is 18.9 Å². The van der Waals surface area contributed by atoms with E-state index in [4.69, 9.17) is 16.6 Å². The molecule has 0 aliphatic carbocycles. The first-order valence-electron chi connectivity index (χ1n) is 4.06. The van der Waals surface area contributed by atoms with Gasteiger partial charge < -0.3 is 21.3 Å². The number of hydrogen-bond donors (Lipinski definition) is 3. The molecule has 90 valence electrons. The summed E-state index contributed by atoms with van der Waals surface area (Å²) >= 11 is 0. The fraction of sp³-hybridized carbons (Fsp3) is 0.429. The van der Waals surface area contributed by atoms with E-state index in [1.165, 1.54) is 0 Å². The fourth-order valence-electron chi connectivity index (χ4n) is 0.794. The molecule has 1 aromatic heterocycles. The van der Waals surface area contributed by atoms with Crippen LogP contribution in [0.1, 0.15) is 0 Å². The van der Waals surface area contributed by atoms with Gasteiger partial charge in [0.1, 0.15) is 12.4 Å². The molecule has 5 N–H and O–H groups in total. The average molecular weight is 238 g/mol. The molecule has 6 nitrogen and oxygen atoms in total. The fourth-order valence-corrected chi connectivity index (χ4v) is 0.794. The predicted octanol–water partition coefficient (Wildman–Crippen LogP) is -0.0570. The summed E-state index contributed by atoms with van der Waals surface area (Å²) in [7, 11) is 0. The molecule has 1 rings (SSSR count). The van der Waals surface area contributed by atoms with Gasteiger partial charge in [0.2, 0.25) is 11.8 Å². The Hall–Kier alpha value is -1.77. The lowest BCUT2D eigenvalue weighted by Gasteiger charge is -2.14. The molecule has 9 heteroatoms. The zero-order valence-corrected chi connectivity index (χ0v) is 7.90. The Bertz CT molecular complexity index is 351. The second-order valence-electron chi connectivity index (χ2n) is 2.86. The monoisotopic (exact) mass is 238 g/mol. The van der Waals surface area contributed by atoms with Crippen LogP contribution in [-0.2, 0) is 0 Å². The van der Waals surface area contributed by atoms with Gasteiger partial charge in [0.25, 0.3) is 0 Å². The number of nitrogens with zero attached hydrogens (tertiary/aromatic N) is 2. The Morgan fingerprint density at radius 3 is 2.50 bits per heavy atom. The lowest BCUT2D eigenvalue weighted by molar-refractivity contribution is -0.210. The zero-order valence-electron chi connectivity index (χ0n) is 7.90. The standard InChI is InChI=1S/C7H9F3N4O2/c8-7(9,10)3(15)2-16-5-1-4(11)13-6(12)14-5/h1,3,15H,2H2,(H4,11,12,13,14). The van der Waals surface area contributed by atoms with Gasteiger partial charge in [-0.1, -0.05) is 0 Å². The maximum atomic E-state index is 11.9. The van der Waals surface area contributed by atoms with Crippen LogP contribution in [0.25, 0.3) is 0 Å². The van der Waals surface area contributed by atoms with Crippen molar-refractivity contribution in [2.45, 2.75) is 12.3 Å². The van der Waals surface area contributed by atoms with Gasteiger partial charge in [0.15, 0.2) is 6.10 Å². The number of aliphatic hydroxyl groups excluding tert-OH is 1. The SMILES string of the molecule is Nc1cc(OCC(O)C(F)(F)F)nc(N)n1. The molecular formula is C7H9F3N4O2. The van der Waals surface area contributed by atoms with Crippen LogP contribution in [0.5, 0.6) is 5.88 Å². The molecular weight excluding hydrogens is 229 g/mol. The topological polar surface area (TPSA) is 107 Å². The molecule has 0 aliphatic rings. The van der Waals surface area contributed by atoms with Crippen molar-refractivity contribution < 1.29 is 23.0 Å². The minimum Gasteiger partial charge on any atom is -0.474 e. The highest BCUT2D eigenvalue weighted by Crippen LogP contribution is 2.21. The van der Waals surface area contributed by atoms with E-state index in [-0.39, 0.29) is 17.6 Å². The van der Waals surface area contributed by atoms with Gasteiger partial charge in [-0.05, 0) is 0 Å². The van der Waals surface area contributed by atoms with Gasteiger partial charge in [-0.25, -0.2) is 0 Å². The van der Waals surface area contributed by atoms with Gasteiger partial charge in [-0.3, -0.25) is 0 Å². The molecule has 0 spiro atoms. The largest absolute Gasteiger partial charge is 0.474 e. The minimum absolute atomic E-state index is 0.0380. The third kappa shape index (κ3) is 3.42. The number of hydrogen-bond acceptors (Lipinski definition) is 6. The summed E-state index contributed by atoms with van der Waals surface area (Å²) in [5.41, 5.74) is 10.4. The van der Waals surface area contributed by atoms with Crippen molar-refractivity contribution in [3.63, 3.8) is 0 Å². The van der Waals surface area contributed by atoms with Crippen molar-refractivity contribution in [1.82, 2.24) is 9.97 Å². The Balaban J connectivity index is 2.61. The van der Waals surface area contributed by atoms with Crippen LogP contribution < -0.4 is 16.2 Å². The Labute approximate surface area is 88.0 Å². The van der Waals surface area contributed by atoms with Crippen molar-refractivity contribution in [3.8, 4) is 5.88 Å². The number of ether oxygens (including phenoxy) is 1. The van der Waals surface area contributed by atoms with Crippen molar-refractivity contribution in [2.24, 2.45) is 0 Å². The normalized spacial score (nSPS) is 13.5. The molecule has 1 unspecified atom stereocenters. The molecule has 0 radical (unpaired) electrons. The Morgan fingerprint density at radius 1 is 1.38 bits per heavy atom. The van der Waals surface area contributed by atoms with Gasteiger partial charge in [-0.15, -0.1) is 0 Å². The molecule has 16 heavy (non-hydrogen) atoms. The van der Waals surface area contributed by atoms with Crippen LogP contribution in [0.15, 0.2) is 6.07 Å². The molecule has 0 aromatic carbocycles. The Morgan fingerprint density at radius 2 is 2.00 bits per heavy atom. The quantitative estimate of drug-likeness (QED) is 0.681. The summed E-state index contributed by atoms with van der Waals surface area (Å²) in [6.07, 6.45) is -7.34. The van der Waals surface area contributed by atoms with Crippen molar-refractivity contribution in [1.29, 1.82) is 0 Å². The molecule has 0 saturated heterocycles. The summed E-state index contributed by atoms with van der Waals surface area (Å²) in [5, 5.41) is 8.63. The van der Waals surface area contributed by atoms with Gasteiger partial charge in [-0.2, -0.15) is 23.1 Å². The van der Waals surface area contributed by atoms with Crippen molar-refractivity contribution in [3.05, 3.63) is 6.07 Å². The van der Waals surface area contributed by atoms with Crippen LogP contribution in [0.2, 0.25) is 0 Å². The van der Waals surface area contributed by atoms with Gasteiger partial charge in [0, 0.05) is 6.07 Å². The number of halogens is 3. The number of anilines is 2. The van der Waals surface area contributed by atoms with Crippen LogP contribution >= 0.6 is 0 Å². The molecule has 1 atom stereocenters. The minimum atomic E-state index is -4.75. The van der Waals surface area contributed by atoms with E-state index in [1.54, 1.807) is 0 Å². The maximum absolute atomic E-state index is 11.9. The van der Waals surface area contributed by atoms with Crippen LogP contribution in [-0.4, -0.2) is 34.0 Å². The van der Waals surface area contributed by atoms with Crippen molar-refractivity contribution in [2.75, 3.05) is 18.1 Å². The number of alkyl halides is 3. The van der Waals surface area contributed by atoms with E-state index >= 15 is 0 Å². The highest BCUT2D eigenvalue weighted by atomic mass is 19.4. The number of aromatic nitrogens is 2. The number of nitrogens with two attached hydrogens (primary N) is 2. The zero-order chi connectivity index (χ0) is 12.3. The van der Waals surface area contributed by atoms with Crippen LogP contribution in [0.3, 0.4) is 0 Å². The second kappa shape index (κ2) is 4.39. The third-order valence-corrected chi connectivity index (χ3v) is 1.51. The number of nitrogen functional groups attached to an aromatic ring is 2. The van der Waals surface area contributed by atoms with Crippen molar-refractivity contribution >= 4 is 11.8 Å². The molecule has 1 aromatic rings. The van der Waals surface area contributed by atoms with Gasteiger partial charge >= 0.3 is 6.18 Å². The third-order valence-electron chi connectivity index (χ3n) is 1.51. The van der Waals surface area contributed by atoms with Crippen LogP contribution in [0.4, 0.5) is 24.9 Å². The Kier molecular flexibility index (Phi) is 3.38. The van der Waals surface area contributed by atoms with Crippen LogP contribution in [0, 0.1) is 0 Å². The summed E-state index contributed by atoms with van der Waals surface area (Å²) in [5.74, 6) is -0.492. The van der Waals surface area contributed by atoms with E-state index in [9.17, 15) is 13.2 Å². The molecule has 0 saturated carbocycles. The number of aliphatic hydroxyl groups is 1. The van der Waals surface area contributed by atoms with E-state index in [0.717, 1.165) is 6.07 Å². The maximum Gasteiger partial charge on any atom is 0.417 e. The number of rotatable bonds is 3. The smallest absolute Gasteiger partial charge is 0.417 e. The summed E-state index contributed by atoms with van der Waals surface area (Å²) in [6, 6.07) is 1.10. The highest BCUT2D eigenvalue weighted by Gasteiger charge is 2.38. The van der Waals surface area contributed by atoms with E-state index in [0.29, 0.717) is 0 Å². The molecule has 0 amide bonds. The first kappa shape index (κ1) is 12.3. The molecule has 0 fully saturated rings. The summed E-state index contributed by atoms with van der Waals surface area (Å²) in [6.45, 7) is -0.987. The molecule has 0 bridgehead atoms. The lowest BCUT2D eigenvalue weighted by Crippen LogP contribution is -2.34. The first-order valence-corrected chi connectivity index (χ1v) is 4.06. The molecule has 0 aliphatic heterocycles. The molecule has 1 heterocycles. The summed E-state index contributed by atoms with van der Waals surface area (Å²) in [4.78, 5) is 6.96. The predicted molar refractivity (Wildman–Crippen MR) is 48.4 cm³/mol. The highest BCUT2D eigenvalue weighted by molar-refractivity contribution is 5.38. The van der Waals surface area contributed by atoms with E-state index in [1.807, 2.05) is 0 Å². The first-order chi connectivity index (χ1) is 7.29. The lowest BCUT2D eigenvalue weighted by atomic mass is 10.4. The second-order valence-corrected chi connectivity index (χ2v) is 2.86. The summed E-state index contributed by atoms with van der Waals surface area (Å²) < 4.78 is 40.3. The van der Waals surface area contributed by atoms with Gasteiger partial charge in [0.05, 0.1) is 0 Å². The average Bonchev–Trinajstić information content (AvgIpc) is 2.11. The van der Waals surface area contributed by atoms with E-state index in [2.05, 4.69) is 14.7 Å².